The highest BCUT2D eigenvalue weighted by molar-refractivity contribution is 5.92. The Hall–Kier alpha value is -1.85. The molecule has 1 saturated heterocycles. The van der Waals surface area contributed by atoms with Crippen molar-refractivity contribution in [2.24, 2.45) is 5.92 Å². The van der Waals surface area contributed by atoms with Gasteiger partial charge in [0.1, 0.15) is 5.76 Å². The van der Waals surface area contributed by atoms with Crippen molar-refractivity contribution in [3.63, 3.8) is 0 Å². The topological polar surface area (TPSA) is 75.4 Å². The summed E-state index contributed by atoms with van der Waals surface area (Å²) in [6.07, 6.45) is 3.35. The summed E-state index contributed by atoms with van der Waals surface area (Å²) in [6.45, 7) is 7.28. The molecule has 1 aliphatic rings. The quantitative estimate of drug-likeness (QED) is 0.904. The zero-order chi connectivity index (χ0) is 16.1. The molecule has 22 heavy (non-hydrogen) atoms. The van der Waals surface area contributed by atoms with Gasteiger partial charge in [0.25, 0.3) is 5.91 Å². The molecule has 0 aromatic carbocycles. The molecule has 1 aliphatic heterocycles. The lowest BCUT2D eigenvalue weighted by atomic mass is 9.98. The minimum absolute atomic E-state index is 0.0928. The Labute approximate surface area is 131 Å². The van der Waals surface area contributed by atoms with Crippen LogP contribution in [0.3, 0.4) is 0 Å². The van der Waals surface area contributed by atoms with E-state index in [2.05, 4.69) is 24.3 Å². The third-order valence-electron chi connectivity index (χ3n) is 4.34. The van der Waals surface area contributed by atoms with Gasteiger partial charge in [0.15, 0.2) is 5.69 Å². The fourth-order valence-electron chi connectivity index (χ4n) is 2.87. The lowest BCUT2D eigenvalue weighted by molar-refractivity contribution is -0.136. The van der Waals surface area contributed by atoms with Gasteiger partial charge in [-0.05, 0) is 32.6 Å². The number of nitrogens with zero attached hydrogens (tertiary/aromatic N) is 2. The first-order valence-corrected chi connectivity index (χ1v) is 8.08. The molecule has 0 unspecified atom stereocenters. The van der Waals surface area contributed by atoms with Crippen LogP contribution in [0.15, 0.2) is 10.6 Å². The zero-order valence-corrected chi connectivity index (χ0v) is 13.6. The minimum atomic E-state index is -0.207. The summed E-state index contributed by atoms with van der Waals surface area (Å²) in [5.74, 6) is 0.795. The molecule has 6 nitrogen and oxygen atoms in total. The van der Waals surface area contributed by atoms with Gasteiger partial charge in [-0.25, -0.2) is 0 Å². The van der Waals surface area contributed by atoms with E-state index in [4.69, 9.17) is 4.52 Å². The van der Waals surface area contributed by atoms with Crippen LogP contribution < -0.4 is 5.32 Å². The highest BCUT2D eigenvalue weighted by Crippen LogP contribution is 2.17. The summed E-state index contributed by atoms with van der Waals surface area (Å²) < 4.78 is 4.91. The highest BCUT2D eigenvalue weighted by atomic mass is 16.5. The van der Waals surface area contributed by atoms with Crippen LogP contribution in [0.25, 0.3) is 0 Å². The van der Waals surface area contributed by atoms with Gasteiger partial charge in [-0.1, -0.05) is 19.0 Å². The number of hydrogen-bond acceptors (Lipinski definition) is 4. The molecule has 0 bridgehead atoms. The van der Waals surface area contributed by atoms with Gasteiger partial charge in [0.05, 0.1) is 0 Å². The minimum Gasteiger partial charge on any atom is -0.361 e. The van der Waals surface area contributed by atoms with E-state index in [-0.39, 0.29) is 23.8 Å². The highest BCUT2D eigenvalue weighted by Gasteiger charge is 2.27. The van der Waals surface area contributed by atoms with Gasteiger partial charge < -0.3 is 14.7 Å². The summed E-state index contributed by atoms with van der Waals surface area (Å²) in [4.78, 5) is 26.3. The monoisotopic (exact) mass is 307 g/mol. The van der Waals surface area contributed by atoms with E-state index in [1.807, 2.05) is 4.90 Å². The maximum atomic E-state index is 12.3. The molecule has 0 aliphatic carbocycles. The summed E-state index contributed by atoms with van der Waals surface area (Å²) >= 11 is 0. The van der Waals surface area contributed by atoms with Crippen molar-refractivity contribution in [1.29, 1.82) is 0 Å². The second-order valence-corrected chi connectivity index (χ2v) is 5.91. The number of aryl methyl sites for hydroxylation is 1. The van der Waals surface area contributed by atoms with Crippen molar-refractivity contribution in [3.05, 3.63) is 17.5 Å². The van der Waals surface area contributed by atoms with Gasteiger partial charge in [0.2, 0.25) is 5.91 Å². The first kappa shape index (κ1) is 16.5. The molecule has 1 aromatic rings. The number of likely N-dealkylation sites (tertiary alicyclic amines) is 1. The van der Waals surface area contributed by atoms with Gasteiger partial charge in [-0.15, -0.1) is 0 Å². The summed E-state index contributed by atoms with van der Waals surface area (Å²) in [5.41, 5.74) is 0.313. The molecule has 0 atom stereocenters. The Balaban J connectivity index is 1.82. The van der Waals surface area contributed by atoms with Crippen LogP contribution in [0.5, 0.6) is 0 Å². The first-order chi connectivity index (χ1) is 10.5. The maximum Gasteiger partial charge on any atom is 0.273 e. The van der Waals surface area contributed by atoms with Crippen LogP contribution in [-0.4, -0.2) is 41.0 Å². The van der Waals surface area contributed by atoms with Crippen molar-refractivity contribution < 1.29 is 14.1 Å². The summed E-state index contributed by atoms with van der Waals surface area (Å²) in [7, 11) is 0. The number of aromatic nitrogens is 1. The van der Waals surface area contributed by atoms with Crippen LogP contribution in [-0.2, 0) is 4.79 Å². The number of carbonyl (C=O) groups excluding carboxylic acids is 2. The lowest BCUT2D eigenvalue weighted by Crippen LogP contribution is -2.48. The Kier molecular flexibility index (Phi) is 5.57. The van der Waals surface area contributed by atoms with E-state index in [0.717, 1.165) is 25.7 Å². The molecule has 2 heterocycles. The third kappa shape index (κ3) is 3.87. The van der Waals surface area contributed by atoms with Crippen LogP contribution in [0.1, 0.15) is 55.8 Å². The molecule has 6 heteroatoms. The van der Waals surface area contributed by atoms with Crippen molar-refractivity contribution in [2.45, 2.75) is 52.5 Å². The van der Waals surface area contributed by atoms with E-state index >= 15 is 0 Å². The van der Waals surface area contributed by atoms with E-state index < -0.39 is 0 Å². The predicted octanol–water partition coefficient (Wildman–Crippen LogP) is 2.14. The second kappa shape index (κ2) is 7.42. The normalized spacial score (nSPS) is 16.1. The van der Waals surface area contributed by atoms with E-state index in [1.165, 1.54) is 0 Å². The number of rotatable bonds is 5. The molecule has 2 amide bonds. The van der Waals surface area contributed by atoms with Crippen LogP contribution >= 0.6 is 0 Å². The van der Waals surface area contributed by atoms with E-state index in [0.29, 0.717) is 24.5 Å². The van der Waals surface area contributed by atoms with Crippen LogP contribution in [0.2, 0.25) is 0 Å². The number of piperidine rings is 1. The second-order valence-electron chi connectivity index (χ2n) is 5.91. The molecule has 2 rings (SSSR count). The number of carbonyl (C=O) groups is 2. The van der Waals surface area contributed by atoms with Gasteiger partial charge in [0, 0.05) is 31.1 Å². The van der Waals surface area contributed by atoms with E-state index in [9.17, 15) is 9.59 Å². The van der Waals surface area contributed by atoms with Crippen molar-refractivity contribution in [2.75, 3.05) is 13.1 Å². The Morgan fingerprint density at radius 1 is 1.36 bits per heavy atom. The fraction of sp³-hybridized carbons (Fsp3) is 0.688. The molecule has 1 fully saturated rings. The molecule has 0 spiro atoms. The zero-order valence-electron chi connectivity index (χ0n) is 13.6. The van der Waals surface area contributed by atoms with E-state index in [1.54, 1.807) is 13.0 Å². The van der Waals surface area contributed by atoms with Crippen molar-refractivity contribution in [1.82, 2.24) is 15.4 Å². The maximum absolute atomic E-state index is 12.3. The smallest absolute Gasteiger partial charge is 0.273 e. The summed E-state index contributed by atoms with van der Waals surface area (Å²) in [5, 5.41) is 6.68. The van der Waals surface area contributed by atoms with Crippen molar-refractivity contribution >= 4 is 11.8 Å². The third-order valence-corrected chi connectivity index (χ3v) is 4.34. The van der Waals surface area contributed by atoms with Gasteiger partial charge in [-0.3, -0.25) is 9.59 Å². The Bertz CT molecular complexity index is 514. The average Bonchev–Trinajstić information content (AvgIpc) is 2.96. The lowest BCUT2D eigenvalue weighted by Gasteiger charge is -2.34. The molecular formula is C16H25N3O3. The number of nitrogens with one attached hydrogen (secondary N) is 1. The molecule has 0 saturated carbocycles. The SMILES string of the molecule is CCC(CC)C(=O)N1CCC(NC(=O)c2cc(C)on2)CC1. The summed E-state index contributed by atoms with van der Waals surface area (Å²) in [6, 6.07) is 1.72. The number of amides is 2. The van der Waals surface area contributed by atoms with Gasteiger partial charge in [-0.2, -0.15) is 0 Å². The molecule has 122 valence electrons. The Morgan fingerprint density at radius 2 is 2.00 bits per heavy atom. The fourth-order valence-corrected chi connectivity index (χ4v) is 2.87. The molecule has 1 N–H and O–H groups in total. The molecule has 0 radical (unpaired) electrons. The van der Waals surface area contributed by atoms with Gasteiger partial charge >= 0.3 is 0 Å². The average molecular weight is 307 g/mol. The number of hydrogen-bond donors (Lipinski definition) is 1. The molecular weight excluding hydrogens is 282 g/mol. The van der Waals surface area contributed by atoms with Crippen molar-refractivity contribution in [3.8, 4) is 0 Å². The largest absolute Gasteiger partial charge is 0.361 e. The predicted molar refractivity (Wildman–Crippen MR) is 82.4 cm³/mol. The standard InChI is InChI=1S/C16H25N3O3/c1-4-12(5-2)16(21)19-8-6-13(7-9-19)17-15(20)14-10-11(3)22-18-14/h10,12-13H,4-9H2,1-3H3,(H,17,20). The molecule has 1 aromatic heterocycles. The van der Waals surface area contributed by atoms with Crippen LogP contribution in [0.4, 0.5) is 0 Å². The van der Waals surface area contributed by atoms with Crippen LogP contribution in [0, 0.1) is 12.8 Å². The first-order valence-electron chi connectivity index (χ1n) is 8.08. The Morgan fingerprint density at radius 3 is 2.50 bits per heavy atom.